The molecule has 0 aliphatic heterocycles. The number of halogens is 1. The molecule has 3 N–H and O–H groups in total. The van der Waals surface area contributed by atoms with Gasteiger partial charge >= 0.3 is 0 Å². The van der Waals surface area contributed by atoms with E-state index in [0.717, 1.165) is 15.0 Å². The molecule has 2 atom stereocenters. The van der Waals surface area contributed by atoms with Crippen LogP contribution in [0.3, 0.4) is 0 Å². The minimum absolute atomic E-state index is 0.175. The van der Waals surface area contributed by atoms with Gasteiger partial charge in [0.25, 0.3) is 0 Å². The summed E-state index contributed by atoms with van der Waals surface area (Å²) in [5.74, 6) is -0.175. The van der Waals surface area contributed by atoms with E-state index in [4.69, 9.17) is 5.73 Å². The SMILES string of the molecule is NCC(c1ccccn1)C(O)c1sccc1Br. The summed E-state index contributed by atoms with van der Waals surface area (Å²) in [7, 11) is 0. The molecule has 0 radical (unpaired) electrons. The Morgan fingerprint density at radius 3 is 2.76 bits per heavy atom. The Hall–Kier alpha value is -0.750. The molecular formula is C12H13BrN2OS. The standard InChI is InChI=1S/C12H13BrN2OS/c13-9-4-6-17-12(9)11(16)8(7-14)10-3-1-2-5-15-10/h1-6,8,11,16H,7,14H2. The molecule has 2 rings (SSSR count). The maximum atomic E-state index is 10.4. The second-order valence-corrected chi connectivity index (χ2v) is 5.48. The summed E-state index contributed by atoms with van der Waals surface area (Å²) in [5.41, 5.74) is 6.57. The number of hydrogen-bond donors (Lipinski definition) is 2. The van der Waals surface area contributed by atoms with Crippen LogP contribution in [-0.2, 0) is 0 Å². The van der Waals surface area contributed by atoms with Crippen LogP contribution in [0.5, 0.6) is 0 Å². The van der Waals surface area contributed by atoms with Crippen LogP contribution in [0.15, 0.2) is 40.3 Å². The van der Waals surface area contributed by atoms with Crippen LogP contribution < -0.4 is 5.73 Å². The summed E-state index contributed by atoms with van der Waals surface area (Å²) >= 11 is 4.94. The van der Waals surface area contributed by atoms with E-state index < -0.39 is 6.10 Å². The number of thiophene rings is 1. The van der Waals surface area contributed by atoms with Gasteiger partial charge in [0.05, 0.1) is 6.10 Å². The minimum atomic E-state index is -0.621. The third-order valence-electron chi connectivity index (χ3n) is 2.62. The van der Waals surface area contributed by atoms with Crippen molar-refractivity contribution < 1.29 is 5.11 Å². The number of aromatic nitrogens is 1. The van der Waals surface area contributed by atoms with Crippen molar-refractivity contribution in [2.45, 2.75) is 12.0 Å². The van der Waals surface area contributed by atoms with Crippen LogP contribution in [0.1, 0.15) is 22.6 Å². The lowest BCUT2D eigenvalue weighted by Crippen LogP contribution is -2.20. The molecule has 0 saturated heterocycles. The van der Waals surface area contributed by atoms with Crippen LogP contribution in [0.25, 0.3) is 0 Å². The maximum absolute atomic E-state index is 10.4. The molecule has 0 aromatic carbocycles. The number of aliphatic hydroxyl groups excluding tert-OH is 1. The van der Waals surface area contributed by atoms with Gasteiger partial charge in [-0.25, -0.2) is 0 Å². The van der Waals surface area contributed by atoms with E-state index in [1.54, 1.807) is 6.20 Å². The second kappa shape index (κ2) is 5.73. The van der Waals surface area contributed by atoms with Crippen molar-refractivity contribution in [3.05, 3.63) is 50.9 Å². The highest BCUT2D eigenvalue weighted by Crippen LogP contribution is 2.36. The number of pyridine rings is 1. The fourth-order valence-electron chi connectivity index (χ4n) is 1.71. The van der Waals surface area contributed by atoms with Crippen LogP contribution in [-0.4, -0.2) is 16.6 Å². The van der Waals surface area contributed by atoms with E-state index in [1.807, 2.05) is 29.6 Å². The van der Waals surface area contributed by atoms with Crippen molar-refractivity contribution in [3.8, 4) is 0 Å². The molecule has 0 fully saturated rings. The van der Waals surface area contributed by atoms with Crippen LogP contribution in [0.2, 0.25) is 0 Å². The third kappa shape index (κ3) is 2.74. The van der Waals surface area contributed by atoms with E-state index in [2.05, 4.69) is 20.9 Å². The molecule has 0 bridgehead atoms. The van der Waals surface area contributed by atoms with E-state index >= 15 is 0 Å². The van der Waals surface area contributed by atoms with Crippen molar-refractivity contribution in [2.75, 3.05) is 6.54 Å². The minimum Gasteiger partial charge on any atom is -0.387 e. The van der Waals surface area contributed by atoms with Gasteiger partial charge in [0, 0.05) is 33.7 Å². The number of aliphatic hydroxyl groups is 1. The largest absolute Gasteiger partial charge is 0.387 e. The molecular weight excluding hydrogens is 300 g/mol. The summed E-state index contributed by atoms with van der Waals surface area (Å²) in [4.78, 5) is 5.15. The average Bonchev–Trinajstić information content (AvgIpc) is 2.77. The molecule has 3 nitrogen and oxygen atoms in total. The lowest BCUT2D eigenvalue weighted by molar-refractivity contribution is 0.148. The van der Waals surface area contributed by atoms with Crippen molar-refractivity contribution in [2.24, 2.45) is 5.73 Å². The fraction of sp³-hybridized carbons (Fsp3) is 0.250. The van der Waals surface area contributed by atoms with Crippen LogP contribution in [0, 0.1) is 0 Å². The Kier molecular flexibility index (Phi) is 4.28. The molecule has 2 aromatic rings. The highest BCUT2D eigenvalue weighted by molar-refractivity contribution is 9.10. The summed E-state index contributed by atoms with van der Waals surface area (Å²) in [5, 5.41) is 12.3. The molecule has 0 saturated carbocycles. The van der Waals surface area contributed by atoms with Crippen molar-refractivity contribution in [3.63, 3.8) is 0 Å². The number of hydrogen-bond acceptors (Lipinski definition) is 4. The van der Waals surface area contributed by atoms with Crippen LogP contribution >= 0.6 is 27.3 Å². The predicted octanol–water partition coefficient (Wildman–Crippen LogP) is 2.68. The molecule has 0 aliphatic rings. The molecule has 0 spiro atoms. The lowest BCUT2D eigenvalue weighted by atomic mass is 9.97. The molecule has 0 aliphatic carbocycles. The topological polar surface area (TPSA) is 59.1 Å². The molecule has 2 aromatic heterocycles. The van der Waals surface area contributed by atoms with Gasteiger partial charge in [0.15, 0.2) is 0 Å². The Balaban J connectivity index is 2.28. The molecule has 90 valence electrons. The Morgan fingerprint density at radius 1 is 1.41 bits per heavy atom. The van der Waals surface area contributed by atoms with E-state index in [0.29, 0.717) is 6.54 Å². The number of nitrogens with two attached hydrogens (primary N) is 1. The van der Waals surface area contributed by atoms with Gasteiger partial charge in [0.1, 0.15) is 0 Å². The van der Waals surface area contributed by atoms with Gasteiger partial charge in [0.2, 0.25) is 0 Å². The van der Waals surface area contributed by atoms with E-state index in [9.17, 15) is 5.11 Å². The average molecular weight is 313 g/mol. The molecule has 2 unspecified atom stereocenters. The van der Waals surface area contributed by atoms with Gasteiger partial charge in [-0.3, -0.25) is 4.98 Å². The fourth-order valence-corrected chi connectivity index (χ4v) is 3.36. The van der Waals surface area contributed by atoms with Gasteiger partial charge in [-0.2, -0.15) is 0 Å². The maximum Gasteiger partial charge on any atom is 0.0988 e. The first-order chi connectivity index (χ1) is 8.24. The molecule has 0 amide bonds. The normalized spacial score (nSPS) is 14.5. The van der Waals surface area contributed by atoms with E-state index in [-0.39, 0.29) is 5.92 Å². The zero-order valence-corrected chi connectivity index (χ0v) is 11.5. The summed E-state index contributed by atoms with van der Waals surface area (Å²) in [6, 6.07) is 7.57. The molecule has 2 heterocycles. The zero-order chi connectivity index (χ0) is 12.3. The van der Waals surface area contributed by atoms with Gasteiger partial charge < -0.3 is 10.8 Å². The van der Waals surface area contributed by atoms with Gasteiger partial charge in [-0.05, 0) is 39.5 Å². The first-order valence-electron chi connectivity index (χ1n) is 5.26. The van der Waals surface area contributed by atoms with E-state index in [1.165, 1.54) is 11.3 Å². The lowest BCUT2D eigenvalue weighted by Gasteiger charge is -2.20. The molecule has 5 heteroatoms. The Bertz CT molecular complexity index is 474. The Labute approximate surface area is 112 Å². The summed E-state index contributed by atoms with van der Waals surface area (Å²) in [6.07, 6.45) is 1.10. The van der Waals surface area contributed by atoms with Crippen molar-refractivity contribution in [1.82, 2.24) is 4.98 Å². The Morgan fingerprint density at radius 2 is 2.24 bits per heavy atom. The first kappa shape index (κ1) is 12.7. The zero-order valence-electron chi connectivity index (χ0n) is 9.08. The number of rotatable bonds is 4. The first-order valence-corrected chi connectivity index (χ1v) is 6.93. The molecule has 17 heavy (non-hydrogen) atoms. The smallest absolute Gasteiger partial charge is 0.0988 e. The summed E-state index contributed by atoms with van der Waals surface area (Å²) in [6.45, 7) is 0.364. The van der Waals surface area contributed by atoms with Crippen LogP contribution in [0.4, 0.5) is 0 Å². The third-order valence-corrected chi connectivity index (χ3v) is 4.56. The predicted molar refractivity (Wildman–Crippen MR) is 73.0 cm³/mol. The summed E-state index contributed by atoms with van der Waals surface area (Å²) < 4.78 is 0.921. The monoisotopic (exact) mass is 312 g/mol. The van der Waals surface area contributed by atoms with Crippen molar-refractivity contribution >= 4 is 27.3 Å². The van der Waals surface area contributed by atoms with Crippen molar-refractivity contribution in [1.29, 1.82) is 0 Å². The highest BCUT2D eigenvalue weighted by Gasteiger charge is 2.25. The second-order valence-electron chi connectivity index (χ2n) is 3.67. The quantitative estimate of drug-likeness (QED) is 0.912. The highest BCUT2D eigenvalue weighted by atomic mass is 79.9. The number of nitrogens with zero attached hydrogens (tertiary/aromatic N) is 1. The van der Waals surface area contributed by atoms with Gasteiger partial charge in [-0.1, -0.05) is 6.07 Å². The van der Waals surface area contributed by atoms with Gasteiger partial charge in [-0.15, -0.1) is 11.3 Å².